The maximum atomic E-state index is 13.0. The van der Waals surface area contributed by atoms with E-state index in [-0.39, 0.29) is 24.5 Å². The summed E-state index contributed by atoms with van der Waals surface area (Å²) in [7, 11) is 0. The zero-order valence-electron chi connectivity index (χ0n) is 15.2. The van der Waals surface area contributed by atoms with E-state index in [2.05, 4.69) is 0 Å². The summed E-state index contributed by atoms with van der Waals surface area (Å²) >= 11 is 0. The number of carboxylic acids is 1. The van der Waals surface area contributed by atoms with E-state index in [4.69, 9.17) is 9.47 Å². The molecule has 2 saturated heterocycles. The second-order valence-electron chi connectivity index (χ2n) is 8.77. The minimum atomic E-state index is -1.76. The molecule has 2 aliphatic rings. The van der Waals surface area contributed by atoms with Crippen LogP contribution >= 0.6 is 0 Å². The Hall–Kier alpha value is -1.63. The average molecular weight is 341 g/mol. The van der Waals surface area contributed by atoms with Gasteiger partial charge in [-0.05, 0) is 27.2 Å². The van der Waals surface area contributed by atoms with Crippen molar-refractivity contribution in [3.05, 3.63) is 0 Å². The molecule has 0 saturated carbocycles. The van der Waals surface area contributed by atoms with Crippen molar-refractivity contribution in [2.45, 2.75) is 72.3 Å². The van der Waals surface area contributed by atoms with Crippen LogP contribution < -0.4 is 0 Å². The summed E-state index contributed by atoms with van der Waals surface area (Å²) in [5.74, 6) is -2.50. The van der Waals surface area contributed by atoms with Gasteiger partial charge in [-0.1, -0.05) is 20.8 Å². The van der Waals surface area contributed by atoms with Gasteiger partial charge in [0.2, 0.25) is 5.91 Å². The highest BCUT2D eigenvalue weighted by Gasteiger charge is 2.63. The first-order valence-electron chi connectivity index (χ1n) is 8.17. The summed E-state index contributed by atoms with van der Waals surface area (Å²) in [4.78, 5) is 38.6. The van der Waals surface area contributed by atoms with Crippen molar-refractivity contribution in [3.63, 3.8) is 0 Å². The van der Waals surface area contributed by atoms with E-state index in [1.807, 2.05) is 20.8 Å². The van der Waals surface area contributed by atoms with E-state index in [0.717, 1.165) is 0 Å². The lowest BCUT2D eigenvalue weighted by atomic mass is 9.81. The molecule has 2 aliphatic heterocycles. The molecule has 3 atom stereocenters. The molecule has 1 N–H and O–H groups in total. The number of carboxylic acid groups (broad SMARTS) is 1. The lowest BCUT2D eigenvalue weighted by molar-refractivity contribution is -0.171. The molecule has 0 bridgehead atoms. The summed E-state index contributed by atoms with van der Waals surface area (Å²) < 4.78 is 10.9. The van der Waals surface area contributed by atoms with Crippen molar-refractivity contribution in [2.75, 3.05) is 6.61 Å². The van der Waals surface area contributed by atoms with Crippen LogP contribution in [0.4, 0.5) is 0 Å². The Morgan fingerprint density at radius 3 is 2.33 bits per heavy atom. The molecule has 1 unspecified atom stereocenters. The van der Waals surface area contributed by atoms with Crippen LogP contribution in [-0.2, 0) is 23.9 Å². The monoisotopic (exact) mass is 341 g/mol. The van der Waals surface area contributed by atoms with E-state index < -0.39 is 41.5 Å². The predicted octanol–water partition coefficient (Wildman–Crippen LogP) is 1.79. The van der Waals surface area contributed by atoms with Crippen molar-refractivity contribution in [1.29, 1.82) is 0 Å². The number of nitrogens with zero attached hydrogens (tertiary/aromatic N) is 1. The van der Waals surface area contributed by atoms with Crippen LogP contribution in [0, 0.1) is 10.8 Å². The second-order valence-corrected chi connectivity index (χ2v) is 8.77. The second kappa shape index (κ2) is 5.72. The van der Waals surface area contributed by atoms with Gasteiger partial charge in [0.1, 0.15) is 11.8 Å². The topological polar surface area (TPSA) is 93.1 Å². The van der Waals surface area contributed by atoms with E-state index in [9.17, 15) is 19.5 Å². The van der Waals surface area contributed by atoms with Gasteiger partial charge < -0.3 is 19.5 Å². The number of hydrogen-bond donors (Lipinski definition) is 1. The molecular weight excluding hydrogens is 314 g/mol. The Morgan fingerprint density at radius 2 is 1.88 bits per heavy atom. The molecule has 2 rings (SSSR count). The largest absolute Gasteiger partial charge is 0.480 e. The molecule has 1 amide bonds. The van der Waals surface area contributed by atoms with Gasteiger partial charge in [-0.25, -0.2) is 0 Å². The van der Waals surface area contributed by atoms with Gasteiger partial charge in [-0.3, -0.25) is 14.4 Å². The molecule has 0 aromatic rings. The van der Waals surface area contributed by atoms with Gasteiger partial charge in [0.15, 0.2) is 5.41 Å². The number of carbonyl (C=O) groups excluding carboxylic acids is 2. The first-order chi connectivity index (χ1) is 10.8. The normalized spacial score (nSPS) is 30.4. The number of amides is 1. The number of carbonyl (C=O) groups is 3. The van der Waals surface area contributed by atoms with Crippen molar-refractivity contribution in [3.8, 4) is 0 Å². The molecule has 136 valence electrons. The molecule has 7 nitrogen and oxygen atoms in total. The molecular formula is C17H27NO6. The molecule has 0 aliphatic carbocycles. The maximum absolute atomic E-state index is 13.0. The van der Waals surface area contributed by atoms with Crippen LogP contribution in [0.5, 0.6) is 0 Å². The van der Waals surface area contributed by atoms with Gasteiger partial charge >= 0.3 is 11.9 Å². The third-order valence-electron chi connectivity index (χ3n) is 4.34. The third kappa shape index (κ3) is 3.27. The summed E-state index contributed by atoms with van der Waals surface area (Å²) in [6.07, 6.45) is -0.884. The summed E-state index contributed by atoms with van der Waals surface area (Å²) in [6.45, 7) is 11.2. The zero-order valence-corrected chi connectivity index (χ0v) is 15.2. The van der Waals surface area contributed by atoms with E-state index in [0.29, 0.717) is 0 Å². The van der Waals surface area contributed by atoms with Crippen molar-refractivity contribution < 1.29 is 29.0 Å². The van der Waals surface area contributed by atoms with Crippen LogP contribution in [-0.4, -0.2) is 52.3 Å². The molecule has 0 radical (unpaired) electrons. The van der Waals surface area contributed by atoms with E-state index in [1.165, 1.54) is 4.90 Å². The molecule has 2 fully saturated rings. The number of rotatable bonds is 3. The smallest absolute Gasteiger partial charge is 0.319 e. The van der Waals surface area contributed by atoms with Gasteiger partial charge in [-0.2, -0.15) is 0 Å². The van der Waals surface area contributed by atoms with E-state index in [1.54, 1.807) is 20.8 Å². The van der Waals surface area contributed by atoms with Gasteiger partial charge in [0.25, 0.3) is 0 Å². The number of esters is 1. The third-order valence-corrected chi connectivity index (χ3v) is 4.34. The number of hydrogen-bond acceptors (Lipinski definition) is 5. The number of ether oxygens (including phenoxy) is 2. The van der Waals surface area contributed by atoms with Crippen molar-refractivity contribution in [2.24, 2.45) is 10.8 Å². The molecule has 0 aromatic carbocycles. The SMILES string of the molecule is CC(C)(C)OC(=O)CC1(C(=O)O)C[C@H]2CO[C@H](C(C)(C)C)N2C1=O. The van der Waals surface area contributed by atoms with Crippen molar-refractivity contribution >= 4 is 17.8 Å². The highest BCUT2D eigenvalue weighted by atomic mass is 16.6. The Kier molecular flexibility index (Phi) is 4.46. The first kappa shape index (κ1) is 18.7. The Bertz CT molecular complexity index is 558. The van der Waals surface area contributed by atoms with Crippen LogP contribution in [0.1, 0.15) is 54.4 Å². The molecule has 2 heterocycles. The average Bonchev–Trinajstić information content (AvgIpc) is 2.86. The Balaban J connectivity index is 2.28. The maximum Gasteiger partial charge on any atom is 0.319 e. The van der Waals surface area contributed by atoms with Crippen LogP contribution in [0.25, 0.3) is 0 Å². The number of aliphatic carboxylic acids is 1. The molecule has 7 heteroatoms. The standard InChI is InChI=1S/C17H27NO6/c1-15(2,3)13-18-10(9-23-13)7-17(12(18)20,14(21)22)8-11(19)24-16(4,5)6/h10,13H,7-9H2,1-6H3,(H,21,22)/t10-,13+,17?/m0/s1. The van der Waals surface area contributed by atoms with Crippen LogP contribution in [0.2, 0.25) is 0 Å². The summed E-state index contributed by atoms with van der Waals surface area (Å²) in [5.41, 5.74) is -2.84. The summed E-state index contributed by atoms with van der Waals surface area (Å²) in [6, 6.07) is -0.319. The van der Waals surface area contributed by atoms with Gasteiger partial charge in [0, 0.05) is 5.41 Å². The zero-order chi connectivity index (χ0) is 18.5. The fraction of sp³-hybridized carbons (Fsp3) is 0.824. The minimum absolute atomic E-state index is 0.0625. The van der Waals surface area contributed by atoms with Crippen LogP contribution in [0.15, 0.2) is 0 Å². The minimum Gasteiger partial charge on any atom is -0.480 e. The fourth-order valence-electron chi connectivity index (χ4n) is 3.41. The van der Waals surface area contributed by atoms with E-state index >= 15 is 0 Å². The fourth-order valence-corrected chi connectivity index (χ4v) is 3.41. The highest BCUT2D eigenvalue weighted by molar-refractivity contribution is 6.06. The number of fused-ring (bicyclic) bond motifs is 1. The first-order valence-corrected chi connectivity index (χ1v) is 8.17. The Labute approximate surface area is 142 Å². The quantitative estimate of drug-likeness (QED) is 0.621. The van der Waals surface area contributed by atoms with Crippen molar-refractivity contribution in [1.82, 2.24) is 4.90 Å². The Morgan fingerprint density at radius 1 is 1.29 bits per heavy atom. The lowest BCUT2D eigenvalue weighted by Crippen LogP contribution is -2.49. The van der Waals surface area contributed by atoms with Crippen LogP contribution in [0.3, 0.4) is 0 Å². The summed E-state index contributed by atoms with van der Waals surface area (Å²) in [5, 5.41) is 9.73. The lowest BCUT2D eigenvalue weighted by Gasteiger charge is -2.34. The van der Waals surface area contributed by atoms with Gasteiger partial charge in [0.05, 0.1) is 19.1 Å². The highest BCUT2D eigenvalue weighted by Crippen LogP contribution is 2.47. The predicted molar refractivity (Wildman–Crippen MR) is 85.0 cm³/mol. The molecule has 24 heavy (non-hydrogen) atoms. The van der Waals surface area contributed by atoms with Gasteiger partial charge in [-0.15, -0.1) is 0 Å². The molecule has 0 aromatic heterocycles. The molecule has 0 spiro atoms.